The number of aryl methyl sites for hydroxylation is 1. The Balaban J connectivity index is 1.69. The fourth-order valence-electron chi connectivity index (χ4n) is 3.24. The number of rotatable bonds is 2. The first-order valence-electron chi connectivity index (χ1n) is 8.39. The van der Waals surface area contributed by atoms with Gasteiger partial charge in [0, 0.05) is 28.4 Å². The lowest BCUT2D eigenvalue weighted by Crippen LogP contribution is -2.31. The number of pyridine rings is 1. The molecule has 5 nitrogen and oxygen atoms in total. The van der Waals surface area contributed by atoms with E-state index in [-0.39, 0.29) is 11.2 Å². The van der Waals surface area contributed by atoms with Crippen LogP contribution in [0.3, 0.4) is 0 Å². The molecule has 4 rings (SSSR count). The second kappa shape index (κ2) is 5.55. The number of hydrogen-bond donors (Lipinski definition) is 1. The summed E-state index contributed by atoms with van der Waals surface area (Å²) in [4.78, 5) is 21.7. The van der Waals surface area contributed by atoms with Crippen molar-refractivity contribution in [3.05, 3.63) is 60.2 Å². The lowest BCUT2D eigenvalue weighted by molar-refractivity contribution is 0.0809. The van der Waals surface area contributed by atoms with Crippen molar-refractivity contribution >= 4 is 11.5 Å². The molecule has 25 heavy (non-hydrogen) atoms. The third-order valence-electron chi connectivity index (χ3n) is 4.84. The van der Waals surface area contributed by atoms with Gasteiger partial charge in [0.05, 0.1) is 11.4 Å². The molecule has 1 aromatic carbocycles. The number of ketones is 1. The standard InChI is InChI=1S/C20H20N4O/c1-20(2)9-8-16-15(19(20)25)6-7-18(23-16)24-11-17(22-12-24)13-4-3-5-14(21)10-13/h3-7,10-12H,8-9,21H2,1-2H3. The van der Waals surface area contributed by atoms with Gasteiger partial charge in [-0.3, -0.25) is 9.36 Å². The van der Waals surface area contributed by atoms with Gasteiger partial charge in [-0.2, -0.15) is 0 Å². The van der Waals surface area contributed by atoms with Crippen LogP contribution in [0.5, 0.6) is 0 Å². The van der Waals surface area contributed by atoms with Crippen molar-refractivity contribution in [2.24, 2.45) is 5.41 Å². The smallest absolute Gasteiger partial charge is 0.170 e. The van der Waals surface area contributed by atoms with Crippen LogP contribution in [-0.2, 0) is 6.42 Å². The van der Waals surface area contributed by atoms with E-state index >= 15 is 0 Å². The van der Waals surface area contributed by atoms with Gasteiger partial charge in [0.25, 0.3) is 0 Å². The first kappa shape index (κ1) is 15.6. The highest BCUT2D eigenvalue weighted by molar-refractivity contribution is 6.02. The highest BCUT2D eigenvalue weighted by atomic mass is 16.1. The summed E-state index contributed by atoms with van der Waals surface area (Å²) in [5, 5.41) is 0. The minimum Gasteiger partial charge on any atom is -0.399 e. The number of carbonyl (C=O) groups is 1. The minimum atomic E-state index is -0.300. The number of imidazole rings is 1. The molecule has 2 heterocycles. The van der Waals surface area contributed by atoms with Gasteiger partial charge in [-0.05, 0) is 37.1 Å². The van der Waals surface area contributed by atoms with Gasteiger partial charge < -0.3 is 5.73 Å². The molecule has 0 bridgehead atoms. The van der Waals surface area contributed by atoms with E-state index < -0.39 is 0 Å². The monoisotopic (exact) mass is 332 g/mol. The van der Waals surface area contributed by atoms with Gasteiger partial charge in [-0.1, -0.05) is 26.0 Å². The Morgan fingerprint density at radius 1 is 1.20 bits per heavy atom. The summed E-state index contributed by atoms with van der Waals surface area (Å²) in [5.41, 5.74) is 9.68. The summed E-state index contributed by atoms with van der Waals surface area (Å²) in [5.74, 6) is 0.952. The van der Waals surface area contributed by atoms with Gasteiger partial charge in [0.2, 0.25) is 0 Å². The Bertz CT molecular complexity index is 971. The molecule has 2 aromatic heterocycles. The number of anilines is 1. The Labute approximate surface area is 146 Å². The van der Waals surface area contributed by atoms with Crippen LogP contribution in [0.1, 0.15) is 36.3 Å². The van der Waals surface area contributed by atoms with Crippen molar-refractivity contribution in [1.29, 1.82) is 0 Å². The lowest BCUT2D eigenvalue weighted by Gasteiger charge is -2.29. The number of nitrogens with zero attached hydrogens (tertiary/aromatic N) is 3. The number of fused-ring (bicyclic) bond motifs is 1. The number of Topliss-reactive ketones (excluding diaryl/α,β-unsaturated/α-hetero) is 1. The van der Waals surface area contributed by atoms with E-state index in [0.717, 1.165) is 41.2 Å². The molecular weight excluding hydrogens is 312 g/mol. The Morgan fingerprint density at radius 2 is 2.04 bits per heavy atom. The van der Waals surface area contributed by atoms with Crippen molar-refractivity contribution in [3.8, 4) is 17.1 Å². The predicted octanol–water partition coefficient (Wildman–Crippen LogP) is 3.67. The molecule has 0 fully saturated rings. The largest absolute Gasteiger partial charge is 0.399 e. The van der Waals surface area contributed by atoms with Gasteiger partial charge >= 0.3 is 0 Å². The normalized spacial score (nSPS) is 15.8. The van der Waals surface area contributed by atoms with Crippen LogP contribution >= 0.6 is 0 Å². The molecule has 1 aliphatic rings. The molecule has 126 valence electrons. The van der Waals surface area contributed by atoms with E-state index in [2.05, 4.69) is 4.98 Å². The summed E-state index contributed by atoms with van der Waals surface area (Å²) in [7, 11) is 0. The average molecular weight is 332 g/mol. The van der Waals surface area contributed by atoms with Crippen LogP contribution in [-0.4, -0.2) is 20.3 Å². The molecule has 5 heteroatoms. The van der Waals surface area contributed by atoms with E-state index in [4.69, 9.17) is 10.7 Å². The van der Waals surface area contributed by atoms with Crippen LogP contribution in [0.4, 0.5) is 5.69 Å². The Hall–Kier alpha value is -2.95. The van der Waals surface area contributed by atoms with E-state index in [1.165, 1.54) is 0 Å². The highest BCUT2D eigenvalue weighted by Gasteiger charge is 2.34. The summed E-state index contributed by atoms with van der Waals surface area (Å²) in [6.45, 7) is 4.00. The summed E-state index contributed by atoms with van der Waals surface area (Å²) >= 11 is 0. The van der Waals surface area contributed by atoms with Gasteiger partial charge in [-0.15, -0.1) is 0 Å². The molecule has 0 unspecified atom stereocenters. The van der Waals surface area contributed by atoms with E-state index in [1.54, 1.807) is 6.33 Å². The first-order chi connectivity index (χ1) is 11.9. The second-order valence-corrected chi connectivity index (χ2v) is 7.17. The average Bonchev–Trinajstić information content (AvgIpc) is 3.08. The summed E-state index contributed by atoms with van der Waals surface area (Å²) in [6.07, 6.45) is 5.31. The molecule has 0 saturated heterocycles. The minimum absolute atomic E-state index is 0.180. The molecule has 1 aliphatic carbocycles. The molecule has 0 spiro atoms. The summed E-state index contributed by atoms with van der Waals surface area (Å²) in [6, 6.07) is 11.4. The number of benzene rings is 1. The van der Waals surface area contributed by atoms with Gasteiger partial charge in [-0.25, -0.2) is 9.97 Å². The number of nitrogen functional groups attached to an aromatic ring is 1. The quantitative estimate of drug-likeness (QED) is 0.727. The van der Waals surface area contributed by atoms with Crippen LogP contribution in [0, 0.1) is 5.41 Å². The zero-order chi connectivity index (χ0) is 17.6. The maximum atomic E-state index is 12.5. The molecule has 2 N–H and O–H groups in total. The zero-order valence-corrected chi connectivity index (χ0v) is 14.4. The maximum Gasteiger partial charge on any atom is 0.170 e. The molecule has 0 amide bonds. The molecule has 0 atom stereocenters. The SMILES string of the molecule is CC1(C)CCc2nc(-n3cnc(-c4cccc(N)c4)c3)ccc2C1=O. The number of carbonyl (C=O) groups excluding carboxylic acids is 1. The van der Waals surface area contributed by atoms with E-state index in [0.29, 0.717) is 5.69 Å². The van der Waals surface area contributed by atoms with E-state index in [1.807, 2.05) is 61.0 Å². The topological polar surface area (TPSA) is 73.8 Å². The first-order valence-corrected chi connectivity index (χ1v) is 8.39. The van der Waals surface area contributed by atoms with Crippen molar-refractivity contribution < 1.29 is 4.79 Å². The van der Waals surface area contributed by atoms with Crippen molar-refractivity contribution in [1.82, 2.24) is 14.5 Å². The fourth-order valence-corrected chi connectivity index (χ4v) is 3.24. The second-order valence-electron chi connectivity index (χ2n) is 7.17. The van der Waals surface area contributed by atoms with Crippen molar-refractivity contribution in [2.75, 3.05) is 5.73 Å². The Morgan fingerprint density at radius 3 is 2.84 bits per heavy atom. The van der Waals surface area contributed by atoms with Crippen LogP contribution in [0.25, 0.3) is 17.1 Å². The third kappa shape index (κ3) is 2.71. The zero-order valence-electron chi connectivity index (χ0n) is 14.4. The number of nitrogens with two attached hydrogens (primary N) is 1. The van der Waals surface area contributed by atoms with Crippen LogP contribution in [0.2, 0.25) is 0 Å². The van der Waals surface area contributed by atoms with E-state index in [9.17, 15) is 4.79 Å². The molecule has 0 radical (unpaired) electrons. The molecule has 0 aliphatic heterocycles. The lowest BCUT2D eigenvalue weighted by atomic mass is 9.75. The predicted molar refractivity (Wildman–Crippen MR) is 97.6 cm³/mol. The maximum absolute atomic E-state index is 12.5. The molecular formula is C20H20N4O. The van der Waals surface area contributed by atoms with Crippen molar-refractivity contribution in [2.45, 2.75) is 26.7 Å². The Kier molecular flexibility index (Phi) is 3.46. The van der Waals surface area contributed by atoms with Crippen molar-refractivity contribution in [3.63, 3.8) is 0 Å². The number of hydrogen-bond acceptors (Lipinski definition) is 4. The van der Waals surface area contributed by atoms with Gasteiger partial charge in [0.15, 0.2) is 5.78 Å². The molecule has 0 saturated carbocycles. The van der Waals surface area contributed by atoms with Crippen LogP contribution in [0.15, 0.2) is 48.9 Å². The van der Waals surface area contributed by atoms with Gasteiger partial charge in [0.1, 0.15) is 12.1 Å². The fraction of sp³-hybridized carbons (Fsp3) is 0.250. The number of aromatic nitrogens is 3. The molecule has 3 aromatic rings. The highest BCUT2D eigenvalue weighted by Crippen LogP contribution is 2.34. The third-order valence-corrected chi connectivity index (χ3v) is 4.84. The van der Waals surface area contributed by atoms with Crippen LogP contribution < -0.4 is 5.73 Å². The summed E-state index contributed by atoms with van der Waals surface area (Å²) < 4.78 is 1.88.